The van der Waals surface area contributed by atoms with Crippen LogP contribution in [0.25, 0.3) is 0 Å². The molecule has 0 spiro atoms. The molecule has 5 heteroatoms. The van der Waals surface area contributed by atoms with Crippen LogP contribution >= 0.6 is 11.3 Å². The van der Waals surface area contributed by atoms with Crippen LogP contribution in [0, 0.1) is 0 Å². The summed E-state index contributed by atoms with van der Waals surface area (Å²) in [6, 6.07) is 1.95. The van der Waals surface area contributed by atoms with E-state index in [1.165, 1.54) is 11.3 Å². The highest BCUT2D eigenvalue weighted by Gasteiger charge is 2.49. The monoisotopic (exact) mass is 281 g/mol. The maximum Gasteiger partial charge on any atom is 0.329 e. The molecule has 2 rings (SSSR count). The second kappa shape index (κ2) is 5.33. The highest BCUT2D eigenvalue weighted by Crippen LogP contribution is 2.35. The predicted molar refractivity (Wildman–Crippen MR) is 74.6 cm³/mol. The smallest absolute Gasteiger partial charge is 0.329 e. The number of carboxylic acid groups (broad SMARTS) is 1. The number of carbonyl (C=O) groups excluding carboxylic acids is 1. The third-order valence-electron chi connectivity index (χ3n) is 4.04. The van der Waals surface area contributed by atoms with Gasteiger partial charge in [0, 0.05) is 6.54 Å². The third-order valence-corrected chi connectivity index (χ3v) is 4.98. The molecule has 1 amide bonds. The van der Waals surface area contributed by atoms with Gasteiger partial charge in [-0.3, -0.25) is 4.79 Å². The topological polar surface area (TPSA) is 57.6 Å². The molecule has 1 N–H and O–H groups in total. The number of carbonyl (C=O) groups is 2. The molecule has 4 nitrogen and oxygen atoms in total. The molecule has 1 aliphatic rings. The first-order chi connectivity index (χ1) is 9.06. The average Bonchev–Trinajstić information content (AvgIpc) is 3.04. The van der Waals surface area contributed by atoms with Gasteiger partial charge in [0.1, 0.15) is 5.54 Å². The summed E-state index contributed by atoms with van der Waals surface area (Å²) in [6.45, 7) is 4.39. The van der Waals surface area contributed by atoms with E-state index in [9.17, 15) is 14.7 Å². The number of thiophene rings is 1. The standard InChI is InChI=1S/C14H19NO3S/c1-3-10-6-9-19-11(10)12(16)15-8-5-7-14(15,4-2)13(17)18/h6,9H,3-5,7-8H2,1-2H3,(H,17,18). The highest BCUT2D eigenvalue weighted by molar-refractivity contribution is 7.12. The zero-order valence-electron chi connectivity index (χ0n) is 11.3. The maximum atomic E-state index is 12.6. The van der Waals surface area contributed by atoms with Crippen molar-refractivity contribution in [2.45, 2.75) is 45.1 Å². The van der Waals surface area contributed by atoms with Gasteiger partial charge in [0.25, 0.3) is 5.91 Å². The van der Waals surface area contributed by atoms with E-state index < -0.39 is 11.5 Å². The molecule has 19 heavy (non-hydrogen) atoms. The van der Waals surface area contributed by atoms with Crippen LogP contribution in [0.1, 0.15) is 48.3 Å². The molecule has 1 atom stereocenters. The molecule has 1 aliphatic heterocycles. The minimum Gasteiger partial charge on any atom is -0.479 e. The van der Waals surface area contributed by atoms with Gasteiger partial charge in [-0.25, -0.2) is 4.79 Å². The summed E-state index contributed by atoms with van der Waals surface area (Å²) < 4.78 is 0. The molecule has 1 aromatic heterocycles. The number of likely N-dealkylation sites (tertiary alicyclic amines) is 1. The molecule has 2 heterocycles. The first-order valence-corrected chi connectivity index (χ1v) is 7.56. The summed E-state index contributed by atoms with van der Waals surface area (Å²) in [4.78, 5) is 26.5. The van der Waals surface area contributed by atoms with Gasteiger partial charge in [0.2, 0.25) is 0 Å². The predicted octanol–water partition coefficient (Wildman–Crippen LogP) is 2.78. The Morgan fingerprint density at radius 2 is 2.21 bits per heavy atom. The molecular weight excluding hydrogens is 262 g/mol. The van der Waals surface area contributed by atoms with Crippen LogP contribution in [0.3, 0.4) is 0 Å². The van der Waals surface area contributed by atoms with Crippen LogP contribution in [0.4, 0.5) is 0 Å². The molecule has 0 radical (unpaired) electrons. The van der Waals surface area contributed by atoms with E-state index in [-0.39, 0.29) is 5.91 Å². The SMILES string of the molecule is CCc1ccsc1C(=O)N1CCCC1(CC)C(=O)O. The second-order valence-corrected chi connectivity index (χ2v) is 5.80. The average molecular weight is 281 g/mol. The van der Waals surface area contributed by atoms with Crippen molar-refractivity contribution in [1.29, 1.82) is 0 Å². The van der Waals surface area contributed by atoms with Crippen LogP contribution in [0.15, 0.2) is 11.4 Å². The van der Waals surface area contributed by atoms with E-state index in [2.05, 4.69) is 0 Å². The zero-order chi connectivity index (χ0) is 14.0. The highest BCUT2D eigenvalue weighted by atomic mass is 32.1. The number of amides is 1. The van der Waals surface area contributed by atoms with E-state index >= 15 is 0 Å². The van der Waals surface area contributed by atoms with Gasteiger partial charge in [-0.1, -0.05) is 13.8 Å². The van der Waals surface area contributed by atoms with Gasteiger partial charge in [-0.05, 0) is 42.7 Å². The Kier molecular flexibility index (Phi) is 3.94. The lowest BCUT2D eigenvalue weighted by molar-refractivity contribution is -0.148. The molecule has 1 fully saturated rings. The van der Waals surface area contributed by atoms with E-state index in [4.69, 9.17) is 0 Å². The number of aliphatic carboxylic acids is 1. The van der Waals surface area contributed by atoms with Gasteiger partial charge >= 0.3 is 5.97 Å². The molecule has 0 aliphatic carbocycles. The van der Waals surface area contributed by atoms with Crippen LogP contribution in [-0.4, -0.2) is 34.0 Å². The number of rotatable bonds is 4. The number of hydrogen-bond acceptors (Lipinski definition) is 3. The zero-order valence-corrected chi connectivity index (χ0v) is 12.1. The number of nitrogens with zero attached hydrogens (tertiary/aromatic N) is 1. The van der Waals surface area contributed by atoms with Crippen molar-refractivity contribution in [2.75, 3.05) is 6.54 Å². The molecule has 0 aromatic carbocycles. The number of carboxylic acids is 1. The van der Waals surface area contributed by atoms with Crippen molar-refractivity contribution in [3.8, 4) is 0 Å². The van der Waals surface area contributed by atoms with Gasteiger partial charge in [0.15, 0.2) is 0 Å². The van der Waals surface area contributed by atoms with Crippen molar-refractivity contribution in [3.05, 3.63) is 21.9 Å². The Morgan fingerprint density at radius 1 is 1.47 bits per heavy atom. The van der Waals surface area contributed by atoms with Crippen molar-refractivity contribution in [2.24, 2.45) is 0 Å². The molecule has 0 bridgehead atoms. The second-order valence-electron chi connectivity index (χ2n) is 4.88. The number of hydrogen-bond donors (Lipinski definition) is 1. The lowest BCUT2D eigenvalue weighted by Gasteiger charge is -2.33. The first kappa shape index (κ1) is 14.1. The van der Waals surface area contributed by atoms with Gasteiger partial charge < -0.3 is 10.0 Å². The van der Waals surface area contributed by atoms with Crippen LogP contribution in [0.5, 0.6) is 0 Å². The van der Waals surface area contributed by atoms with Crippen molar-refractivity contribution in [1.82, 2.24) is 4.90 Å². The number of aryl methyl sites for hydroxylation is 1. The van der Waals surface area contributed by atoms with Crippen molar-refractivity contribution in [3.63, 3.8) is 0 Å². The minimum atomic E-state index is -1.01. The summed E-state index contributed by atoms with van der Waals surface area (Å²) in [5, 5.41) is 11.4. The fourth-order valence-electron chi connectivity index (χ4n) is 2.84. The maximum absolute atomic E-state index is 12.6. The molecule has 1 aromatic rings. The largest absolute Gasteiger partial charge is 0.479 e. The van der Waals surface area contributed by atoms with Crippen molar-refractivity contribution >= 4 is 23.2 Å². The van der Waals surface area contributed by atoms with E-state index in [1.54, 1.807) is 4.90 Å². The third kappa shape index (κ3) is 2.16. The van der Waals surface area contributed by atoms with E-state index in [0.29, 0.717) is 24.3 Å². The summed E-state index contributed by atoms with van der Waals surface area (Å²) in [6.07, 6.45) is 2.57. The molecule has 1 saturated heterocycles. The summed E-state index contributed by atoms with van der Waals surface area (Å²) >= 11 is 1.41. The lowest BCUT2D eigenvalue weighted by atomic mass is 9.92. The minimum absolute atomic E-state index is 0.117. The first-order valence-electron chi connectivity index (χ1n) is 6.68. The van der Waals surface area contributed by atoms with Gasteiger partial charge in [-0.2, -0.15) is 0 Å². The summed E-state index contributed by atoms with van der Waals surface area (Å²) in [5.74, 6) is -0.996. The Hall–Kier alpha value is -1.36. The van der Waals surface area contributed by atoms with Crippen LogP contribution < -0.4 is 0 Å². The van der Waals surface area contributed by atoms with Crippen LogP contribution in [0.2, 0.25) is 0 Å². The molecular formula is C14H19NO3S. The molecule has 104 valence electrons. The fourth-order valence-corrected chi connectivity index (χ4v) is 3.78. The Morgan fingerprint density at radius 3 is 2.79 bits per heavy atom. The molecule has 0 saturated carbocycles. The summed E-state index contributed by atoms with van der Waals surface area (Å²) in [5.41, 5.74) is 0.00353. The van der Waals surface area contributed by atoms with Gasteiger partial charge in [-0.15, -0.1) is 11.3 Å². The normalized spacial score (nSPS) is 22.7. The lowest BCUT2D eigenvalue weighted by Crippen LogP contribution is -2.52. The Bertz CT molecular complexity index is 497. The van der Waals surface area contributed by atoms with Gasteiger partial charge in [0.05, 0.1) is 4.88 Å². The fraction of sp³-hybridized carbons (Fsp3) is 0.571. The summed E-state index contributed by atoms with van der Waals surface area (Å²) in [7, 11) is 0. The van der Waals surface area contributed by atoms with Crippen molar-refractivity contribution < 1.29 is 14.7 Å². The van der Waals surface area contributed by atoms with E-state index in [1.807, 2.05) is 25.3 Å². The molecule has 1 unspecified atom stereocenters. The van der Waals surface area contributed by atoms with E-state index in [0.717, 1.165) is 18.4 Å². The Labute approximate surface area is 117 Å². The quantitative estimate of drug-likeness (QED) is 0.923. The van der Waals surface area contributed by atoms with Crippen LogP contribution in [-0.2, 0) is 11.2 Å². The Balaban J connectivity index is 2.35.